The van der Waals surface area contributed by atoms with E-state index in [1.165, 1.54) is 0 Å². The van der Waals surface area contributed by atoms with Crippen LogP contribution in [0.25, 0.3) is 0 Å². The van der Waals surface area contributed by atoms with Gasteiger partial charge in [0, 0.05) is 25.1 Å². The van der Waals surface area contributed by atoms with Crippen LogP contribution in [0.2, 0.25) is 0 Å². The summed E-state index contributed by atoms with van der Waals surface area (Å²) >= 11 is 0. The summed E-state index contributed by atoms with van der Waals surface area (Å²) in [6.07, 6.45) is -4.02. The molecule has 0 aromatic heterocycles. The molecule has 0 fully saturated rings. The molecule has 0 rings (SSSR count). The Morgan fingerprint density at radius 2 is 1.78 bits per heavy atom. The fourth-order valence-electron chi connectivity index (χ4n) is 1.74. The molecule has 1 N–H and O–H groups in total. The molecule has 0 aliphatic rings. The first-order valence-corrected chi connectivity index (χ1v) is 6.66. The standard InChI is InChI=1S/C13H26F3NO/c1-5-18-9-12(10(2)3)17-11(4)7-6-8-13(14,15)16/h10-12,17H,5-9H2,1-4H3. The third-order valence-corrected chi connectivity index (χ3v) is 2.90. The summed E-state index contributed by atoms with van der Waals surface area (Å²) in [7, 11) is 0. The second-order valence-corrected chi connectivity index (χ2v) is 5.09. The SMILES string of the molecule is CCOCC(NC(C)CCCC(F)(F)F)C(C)C. The molecule has 0 spiro atoms. The van der Waals surface area contributed by atoms with Gasteiger partial charge in [-0.05, 0) is 32.6 Å². The van der Waals surface area contributed by atoms with E-state index in [1.807, 2.05) is 13.8 Å². The van der Waals surface area contributed by atoms with Gasteiger partial charge in [0.05, 0.1) is 6.61 Å². The summed E-state index contributed by atoms with van der Waals surface area (Å²) in [4.78, 5) is 0. The van der Waals surface area contributed by atoms with Gasteiger partial charge in [0.15, 0.2) is 0 Å². The lowest BCUT2D eigenvalue weighted by molar-refractivity contribution is -0.135. The van der Waals surface area contributed by atoms with Crippen LogP contribution in [0.1, 0.15) is 47.0 Å². The van der Waals surface area contributed by atoms with Crippen molar-refractivity contribution >= 4 is 0 Å². The fourth-order valence-corrected chi connectivity index (χ4v) is 1.74. The molecule has 0 aliphatic heterocycles. The van der Waals surface area contributed by atoms with Gasteiger partial charge in [-0.15, -0.1) is 0 Å². The minimum Gasteiger partial charge on any atom is -0.380 e. The molecule has 0 aromatic carbocycles. The Bertz CT molecular complexity index is 207. The van der Waals surface area contributed by atoms with Crippen molar-refractivity contribution in [3.05, 3.63) is 0 Å². The van der Waals surface area contributed by atoms with E-state index in [1.54, 1.807) is 0 Å². The quantitative estimate of drug-likeness (QED) is 0.688. The summed E-state index contributed by atoms with van der Waals surface area (Å²) in [5.74, 6) is 0.404. The molecule has 2 atom stereocenters. The monoisotopic (exact) mass is 269 g/mol. The van der Waals surface area contributed by atoms with E-state index in [2.05, 4.69) is 19.2 Å². The molecule has 2 nitrogen and oxygen atoms in total. The van der Waals surface area contributed by atoms with E-state index < -0.39 is 12.6 Å². The Hall–Kier alpha value is -0.290. The topological polar surface area (TPSA) is 21.3 Å². The van der Waals surface area contributed by atoms with Crippen molar-refractivity contribution in [2.24, 2.45) is 5.92 Å². The predicted molar refractivity (Wildman–Crippen MR) is 67.6 cm³/mol. The van der Waals surface area contributed by atoms with Crippen molar-refractivity contribution in [3.8, 4) is 0 Å². The van der Waals surface area contributed by atoms with E-state index >= 15 is 0 Å². The van der Waals surface area contributed by atoms with E-state index in [0.717, 1.165) is 0 Å². The molecule has 0 amide bonds. The first kappa shape index (κ1) is 17.7. The summed E-state index contributed by atoms with van der Waals surface area (Å²) < 4.78 is 41.4. The number of ether oxygens (including phenoxy) is 1. The third-order valence-electron chi connectivity index (χ3n) is 2.90. The maximum absolute atomic E-state index is 12.0. The van der Waals surface area contributed by atoms with Gasteiger partial charge in [-0.3, -0.25) is 0 Å². The second kappa shape index (κ2) is 8.75. The molecule has 0 bridgehead atoms. The highest BCUT2D eigenvalue weighted by molar-refractivity contribution is 4.74. The van der Waals surface area contributed by atoms with Crippen LogP contribution in [0.15, 0.2) is 0 Å². The molecule has 110 valence electrons. The van der Waals surface area contributed by atoms with Gasteiger partial charge in [-0.1, -0.05) is 13.8 Å². The summed E-state index contributed by atoms with van der Waals surface area (Å²) in [5, 5.41) is 3.35. The van der Waals surface area contributed by atoms with Crippen molar-refractivity contribution in [1.82, 2.24) is 5.32 Å². The van der Waals surface area contributed by atoms with Crippen LogP contribution in [-0.2, 0) is 4.74 Å². The largest absolute Gasteiger partial charge is 0.389 e. The Kier molecular flexibility index (Phi) is 8.61. The van der Waals surface area contributed by atoms with Crippen LogP contribution in [0.4, 0.5) is 13.2 Å². The van der Waals surface area contributed by atoms with E-state index in [4.69, 9.17) is 4.74 Å². The molecule has 0 aliphatic carbocycles. The molecule has 0 saturated heterocycles. The molecule has 0 radical (unpaired) electrons. The van der Waals surface area contributed by atoms with Crippen molar-refractivity contribution in [1.29, 1.82) is 0 Å². The fraction of sp³-hybridized carbons (Fsp3) is 1.00. The molecule has 5 heteroatoms. The normalized spacial score (nSPS) is 16.0. The number of alkyl halides is 3. The van der Waals surface area contributed by atoms with Gasteiger partial charge < -0.3 is 10.1 Å². The van der Waals surface area contributed by atoms with Gasteiger partial charge in [-0.2, -0.15) is 13.2 Å². The molecule has 18 heavy (non-hydrogen) atoms. The molecular weight excluding hydrogens is 243 g/mol. The lowest BCUT2D eigenvalue weighted by atomic mass is 10.0. The van der Waals surface area contributed by atoms with Crippen LogP contribution in [0.5, 0.6) is 0 Å². The minimum atomic E-state index is -4.04. The molecule has 0 heterocycles. The van der Waals surface area contributed by atoms with Crippen LogP contribution in [0, 0.1) is 5.92 Å². The Balaban J connectivity index is 3.91. The summed E-state index contributed by atoms with van der Waals surface area (Å²) in [6, 6.07) is 0.283. The lowest BCUT2D eigenvalue weighted by Crippen LogP contribution is -2.43. The average molecular weight is 269 g/mol. The van der Waals surface area contributed by atoms with Gasteiger partial charge in [0.25, 0.3) is 0 Å². The Morgan fingerprint density at radius 3 is 2.22 bits per heavy atom. The van der Waals surface area contributed by atoms with Gasteiger partial charge >= 0.3 is 6.18 Å². The lowest BCUT2D eigenvalue weighted by Gasteiger charge is -2.26. The van der Waals surface area contributed by atoms with Gasteiger partial charge in [0.2, 0.25) is 0 Å². The zero-order chi connectivity index (χ0) is 14.2. The van der Waals surface area contributed by atoms with Crippen LogP contribution < -0.4 is 5.32 Å². The minimum absolute atomic E-state index is 0.0835. The zero-order valence-electron chi connectivity index (χ0n) is 11.8. The highest BCUT2D eigenvalue weighted by Crippen LogP contribution is 2.22. The van der Waals surface area contributed by atoms with Crippen LogP contribution >= 0.6 is 0 Å². The predicted octanol–water partition coefficient (Wildman–Crippen LogP) is 3.76. The van der Waals surface area contributed by atoms with Crippen molar-refractivity contribution < 1.29 is 17.9 Å². The maximum Gasteiger partial charge on any atom is 0.389 e. The van der Waals surface area contributed by atoms with Gasteiger partial charge in [-0.25, -0.2) is 0 Å². The highest BCUT2D eigenvalue weighted by atomic mass is 19.4. The van der Waals surface area contributed by atoms with Crippen LogP contribution in [-0.4, -0.2) is 31.5 Å². The number of hydrogen-bond acceptors (Lipinski definition) is 2. The molecule has 0 saturated carbocycles. The number of halogens is 3. The van der Waals surface area contributed by atoms with E-state index in [9.17, 15) is 13.2 Å². The Labute approximate surface area is 108 Å². The van der Waals surface area contributed by atoms with E-state index in [0.29, 0.717) is 25.6 Å². The van der Waals surface area contributed by atoms with Crippen molar-refractivity contribution in [3.63, 3.8) is 0 Å². The third kappa shape index (κ3) is 9.71. The number of rotatable bonds is 9. The number of nitrogens with one attached hydrogen (secondary N) is 1. The summed E-state index contributed by atoms with van der Waals surface area (Å²) in [6.45, 7) is 9.30. The molecular formula is C13H26F3NO. The second-order valence-electron chi connectivity index (χ2n) is 5.09. The summed E-state index contributed by atoms with van der Waals surface area (Å²) in [5.41, 5.74) is 0. The Morgan fingerprint density at radius 1 is 1.17 bits per heavy atom. The average Bonchev–Trinajstić information content (AvgIpc) is 2.21. The van der Waals surface area contributed by atoms with Gasteiger partial charge in [0.1, 0.15) is 0 Å². The first-order chi connectivity index (χ1) is 8.26. The van der Waals surface area contributed by atoms with Crippen molar-refractivity contribution in [2.45, 2.75) is 65.2 Å². The smallest absolute Gasteiger partial charge is 0.380 e. The maximum atomic E-state index is 12.0. The van der Waals surface area contributed by atoms with Crippen molar-refractivity contribution in [2.75, 3.05) is 13.2 Å². The molecule has 2 unspecified atom stereocenters. The highest BCUT2D eigenvalue weighted by Gasteiger charge is 2.26. The number of hydrogen-bond donors (Lipinski definition) is 1. The first-order valence-electron chi connectivity index (χ1n) is 6.66. The zero-order valence-corrected chi connectivity index (χ0v) is 11.8. The van der Waals surface area contributed by atoms with Crippen LogP contribution in [0.3, 0.4) is 0 Å². The van der Waals surface area contributed by atoms with E-state index in [-0.39, 0.29) is 18.5 Å². The molecule has 0 aromatic rings.